The molecular formula is C10H19F2N. The average molecular weight is 191 g/mol. The van der Waals surface area contributed by atoms with Crippen molar-refractivity contribution >= 4 is 0 Å². The second-order valence-electron chi connectivity index (χ2n) is 4.27. The number of nitrogens with two attached hydrogens (primary N) is 1. The Morgan fingerprint density at radius 3 is 2.15 bits per heavy atom. The van der Waals surface area contributed by atoms with Crippen LogP contribution < -0.4 is 5.73 Å². The lowest BCUT2D eigenvalue weighted by Gasteiger charge is -2.20. The van der Waals surface area contributed by atoms with Crippen molar-refractivity contribution in [2.24, 2.45) is 11.1 Å². The van der Waals surface area contributed by atoms with Crippen molar-refractivity contribution in [2.75, 3.05) is 6.54 Å². The Kier molecular flexibility index (Phi) is 4.54. The maximum absolute atomic E-state index is 12.3. The minimum Gasteiger partial charge on any atom is -0.330 e. The highest BCUT2D eigenvalue weighted by Crippen LogP contribution is 2.21. The van der Waals surface area contributed by atoms with Crippen molar-refractivity contribution in [1.29, 1.82) is 0 Å². The van der Waals surface area contributed by atoms with Gasteiger partial charge in [0, 0.05) is 6.92 Å². The fourth-order valence-electron chi connectivity index (χ4n) is 0.866. The van der Waals surface area contributed by atoms with Crippen LogP contribution in [0, 0.1) is 5.41 Å². The molecule has 2 N–H and O–H groups in total. The molecule has 1 nitrogen and oxygen atoms in total. The van der Waals surface area contributed by atoms with Crippen molar-refractivity contribution in [3.8, 4) is 0 Å². The quantitative estimate of drug-likeness (QED) is 0.664. The van der Waals surface area contributed by atoms with Gasteiger partial charge in [0.15, 0.2) is 0 Å². The van der Waals surface area contributed by atoms with E-state index in [4.69, 9.17) is 5.73 Å². The summed E-state index contributed by atoms with van der Waals surface area (Å²) in [6, 6.07) is 0. The normalized spacial score (nSPS) is 14.0. The van der Waals surface area contributed by atoms with Crippen LogP contribution in [0.2, 0.25) is 0 Å². The molecule has 0 aromatic carbocycles. The van der Waals surface area contributed by atoms with Crippen molar-refractivity contribution in [2.45, 2.75) is 39.5 Å². The second kappa shape index (κ2) is 4.70. The number of halogens is 2. The van der Waals surface area contributed by atoms with Crippen LogP contribution in [-0.4, -0.2) is 12.5 Å². The van der Waals surface area contributed by atoms with Crippen LogP contribution in [0.1, 0.15) is 33.6 Å². The van der Waals surface area contributed by atoms with Crippen molar-refractivity contribution in [3.05, 3.63) is 12.2 Å². The van der Waals surface area contributed by atoms with Gasteiger partial charge in [0.25, 0.3) is 5.92 Å². The highest BCUT2D eigenvalue weighted by molar-refractivity contribution is 4.92. The Labute approximate surface area is 79.0 Å². The lowest BCUT2D eigenvalue weighted by molar-refractivity contribution is 0.0770. The fourth-order valence-corrected chi connectivity index (χ4v) is 0.866. The first-order valence-electron chi connectivity index (χ1n) is 4.52. The molecule has 0 fully saturated rings. The minimum absolute atomic E-state index is 0.0490. The smallest absolute Gasteiger partial charge is 0.263 e. The summed E-state index contributed by atoms with van der Waals surface area (Å²) in [5, 5.41) is 0. The van der Waals surface area contributed by atoms with E-state index >= 15 is 0 Å². The fraction of sp³-hybridized carbons (Fsp3) is 0.800. The van der Waals surface area contributed by atoms with Gasteiger partial charge in [-0.15, -0.1) is 0 Å². The third-order valence-electron chi connectivity index (χ3n) is 1.95. The van der Waals surface area contributed by atoms with Gasteiger partial charge in [0.05, 0.1) is 0 Å². The van der Waals surface area contributed by atoms with E-state index in [0.717, 1.165) is 19.4 Å². The molecule has 0 aliphatic heterocycles. The Balaban J connectivity index is 3.74. The summed E-state index contributed by atoms with van der Waals surface area (Å²) >= 11 is 0. The van der Waals surface area contributed by atoms with E-state index in [1.165, 1.54) is 6.08 Å². The largest absolute Gasteiger partial charge is 0.330 e. The van der Waals surface area contributed by atoms with E-state index in [-0.39, 0.29) is 5.41 Å². The lowest BCUT2D eigenvalue weighted by Crippen LogP contribution is -2.23. The topological polar surface area (TPSA) is 26.0 Å². The van der Waals surface area contributed by atoms with E-state index in [2.05, 4.69) is 0 Å². The standard InChI is InChI=1S/C10H19F2N/c1-9(2,8-13)6-4-5-7-10(3,11)12/h5,7H,4,6,8,13H2,1-3H3. The summed E-state index contributed by atoms with van der Waals surface area (Å²) in [6.07, 6.45) is 3.97. The van der Waals surface area contributed by atoms with Crippen molar-refractivity contribution in [3.63, 3.8) is 0 Å². The highest BCUT2D eigenvalue weighted by atomic mass is 19.3. The molecule has 0 aromatic rings. The van der Waals surface area contributed by atoms with Crippen LogP contribution in [-0.2, 0) is 0 Å². The van der Waals surface area contributed by atoms with Gasteiger partial charge in [-0.25, -0.2) is 8.78 Å². The van der Waals surface area contributed by atoms with E-state index in [1.807, 2.05) is 13.8 Å². The van der Waals surface area contributed by atoms with Gasteiger partial charge in [-0.1, -0.05) is 19.9 Å². The molecule has 0 unspecified atom stereocenters. The third kappa shape index (κ3) is 7.91. The summed E-state index contributed by atoms with van der Waals surface area (Å²) < 4.78 is 24.6. The Hall–Kier alpha value is -0.440. The summed E-state index contributed by atoms with van der Waals surface area (Å²) in [4.78, 5) is 0. The van der Waals surface area contributed by atoms with Gasteiger partial charge in [-0.2, -0.15) is 0 Å². The summed E-state index contributed by atoms with van der Waals surface area (Å²) in [6.45, 7) is 5.54. The van der Waals surface area contributed by atoms with Gasteiger partial charge in [-0.3, -0.25) is 0 Å². The zero-order chi connectivity index (χ0) is 10.5. The molecule has 0 aliphatic rings. The van der Waals surface area contributed by atoms with Crippen molar-refractivity contribution < 1.29 is 8.78 Å². The van der Waals surface area contributed by atoms with Gasteiger partial charge < -0.3 is 5.73 Å². The molecule has 0 saturated carbocycles. The van der Waals surface area contributed by atoms with Gasteiger partial charge >= 0.3 is 0 Å². The maximum Gasteiger partial charge on any atom is 0.263 e. The van der Waals surface area contributed by atoms with Crippen LogP contribution in [0.25, 0.3) is 0 Å². The zero-order valence-electron chi connectivity index (χ0n) is 8.61. The first-order chi connectivity index (χ1) is 5.77. The van der Waals surface area contributed by atoms with E-state index in [9.17, 15) is 8.78 Å². The number of rotatable bonds is 5. The molecule has 3 heteroatoms. The molecule has 0 saturated heterocycles. The molecule has 13 heavy (non-hydrogen) atoms. The molecule has 0 heterocycles. The Bertz CT molecular complexity index is 168. The average Bonchev–Trinajstić information content (AvgIpc) is 1.97. The van der Waals surface area contributed by atoms with Gasteiger partial charge in [-0.05, 0) is 30.9 Å². The molecule has 0 bridgehead atoms. The monoisotopic (exact) mass is 191 g/mol. The van der Waals surface area contributed by atoms with Crippen LogP contribution in [0.5, 0.6) is 0 Å². The number of allylic oxidation sites excluding steroid dienone is 2. The molecule has 0 radical (unpaired) electrons. The predicted octanol–water partition coefficient (Wildman–Crippen LogP) is 2.96. The van der Waals surface area contributed by atoms with Gasteiger partial charge in [0.1, 0.15) is 0 Å². The van der Waals surface area contributed by atoms with Crippen LogP contribution in [0.3, 0.4) is 0 Å². The number of hydrogen-bond acceptors (Lipinski definition) is 1. The number of hydrogen-bond donors (Lipinski definition) is 1. The molecule has 0 aliphatic carbocycles. The SMILES string of the molecule is CC(F)(F)C=CCCC(C)(C)CN. The minimum atomic E-state index is -2.69. The van der Waals surface area contributed by atoms with Gasteiger partial charge in [0.2, 0.25) is 0 Å². The van der Waals surface area contributed by atoms with E-state index in [0.29, 0.717) is 13.0 Å². The molecule has 0 atom stereocenters. The van der Waals surface area contributed by atoms with E-state index in [1.54, 1.807) is 0 Å². The summed E-state index contributed by atoms with van der Waals surface area (Å²) in [5.74, 6) is -2.69. The number of alkyl halides is 2. The zero-order valence-corrected chi connectivity index (χ0v) is 8.61. The molecular weight excluding hydrogens is 172 g/mol. The van der Waals surface area contributed by atoms with E-state index < -0.39 is 5.92 Å². The van der Waals surface area contributed by atoms with Crippen LogP contribution >= 0.6 is 0 Å². The summed E-state index contributed by atoms with van der Waals surface area (Å²) in [7, 11) is 0. The Morgan fingerprint density at radius 1 is 1.23 bits per heavy atom. The Morgan fingerprint density at radius 2 is 1.77 bits per heavy atom. The maximum atomic E-state index is 12.3. The first kappa shape index (κ1) is 12.6. The highest BCUT2D eigenvalue weighted by Gasteiger charge is 2.16. The molecule has 0 aromatic heterocycles. The molecule has 0 amide bonds. The first-order valence-corrected chi connectivity index (χ1v) is 4.52. The lowest BCUT2D eigenvalue weighted by atomic mass is 9.88. The third-order valence-corrected chi connectivity index (χ3v) is 1.95. The second-order valence-corrected chi connectivity index (χ2v) is 4.27. The molecule has 78 valence electrons. The molecule has 0 spiro atoms. The molecule has 0 rings (SSSR count). The van der Waals surface area contributed by atoms with Crippen LogP contribution in [0.4, 0.5) is 8.78 Å². The summed E-state index contributed by atoms with van der Waals surface area (Å²) in [5.41, 5.74) is 5.55. The van der Waals surface area contributed by atoms with Crippen molar-refractivity contribution in [1.82, 2.24) is 0 Å². The predicted molar refractivity (Wildman–Crippen MR) is 51.8 cm³/mol. The van der Waals surface area contributed by atoms with Crippen LogP contribution in [0.15, 0.2) is 12.2 Å².